The van der Waals surface area contributed by atoms with E-state index in [4.69, 9.17) is 11.6 Å². The van der Waals surface area contributed by atoms with Gasteiger partial charge in [-0.15, -0.1) is 6.58 Å². The van der Waals surface area contributed by atoms with Crippen molar-refractivity contribution >= 4 is 11.6 Å². The highest BCUT2D eigenvalue weighted by Gasteiger charge is 2.32. The maximum absolute atomic E-state index is 9.83. The summed E-state index contributed by atoms with van der Waals surface area (Å²) in [5, 5.41) is 14.6. The minimum atomic E-state index is -0.638. The Morgan fingerprint density at radius 3 is 2.71 bits per heavy atom. The number of nitriles is 1. The third-order valence-corrected chi connectivity index (χ3v) is 3.77. The number of nitrogens with zero attached hydrogens (tertiary/aromatic N) is 4. The first kappa shape index (κ1) is 15.3. The lowest BCUT2D eigenvalue weighted by Gasteiger charge is -2.27. The van der Waals surface area contributed by atoms with E-state index in [1.807, 2.05) is 30.3 Å². The Morgan fingerprint density at radius 2 is 2.14 bits per heavy atom. The van der Waals surface area contributed by atoms with E-state index in [0.29, 0.717) is 11.6 Å². The second-order valence-corrected chi connectivity index (χ2v) is 5.41. The SMILES string of the molecule is C=CCCCC(C#N)(Cn1cncn1)c1ccc(Cl)cc1. The van der Waals surface area contributed by atoms with Gasteiger partial charge in [-0.2, -0.15) is 10.4 Å². The van der Waals surface area contributed by atoms with E-state index >= 15 is 0 Å². The van der Waals surface area contributed by atoms with Crippen molar-refractivity contribution in [3.05, 3.63) is 60.2 Å². The van der Waals surface area contributed by atoms with Gasteiger partial charge < -0.3 is 0 Å². The molecule has 0 spiro atoms. The normalized spacial score (nSPS) is 13.3. The predicted molar refractivity (Wildman–Crippen MR) is 82.8 cm³/mol. The first-order chi connectivity index (χ1) is 10.2. The molecule has 1 aromatic heterocycles. The minimum Gasteiger partial charge on any atom is -0.251 e. The van der Waals surface area contributed by atoms with E-state index < -0.39 is 5.41 Å². The molecule has 2 aromatic rings. The highest BCUT2D eigenvalue weighted by molar-refractivity contribution is 6.30. The average molecular weight is 301 g/mol. The molecule has 2 rings (SSSR count). The second kappa shape index (κ2) is 7.05. The number of allylic oxidation sites excluding steroid dienone is 1. The van der Waals surface area contributed by atoms with Crippen LogP contribution in [-0.4, -0.2) is 14.8 Å². The first-order valence-corrected chi connectivity index (χ1v) is 7.18. The van der Waals surface area contributed by atoms with Gasteiger partial charge in [0, 0.05) is 5.02 Å². The van der Waals surface area contributed by atoms with Crippen LogP contribution in [0.5, 0.6) is 0 Å². The quantitative estimate of drug-likeness (QED) is 0.578. The van der Waals surface area contributed by atoms with Crippen LogP contribution < -0.4 is 0 Å². The zero-order valence-corrected chi connectivity index (χ0v) is 12.5. The highest BCUT2D eigenvalue weighted by atomic mass is 35.5. The van der Waals surface area contributed by atoms with Crippen LogP contribution in [0.1, 0.15) is 24.8 Å². The third-order valence-electron chi connectivity index (χ3n) is 3.52. The average Bonchev–Trinajstić information content (AvgIpc) is 3.00. The largest absolute Gasteiger partial charge is 0.251 e. The van der Waals surface area contributed by atoms with E-state index in [-0.39, 0.29) is 0 Å². The van der Waals surface area contributed by atoms with Crippen molar-refractivity contribution in [3.63, 3.8) is 0 Å². The van der Waals surface area contributed by atoms with Crippen molar-refractivity contribution in [1.29, 1.82) is 5.26 Å². The van der Waals surface area contributed by atoms with E-state index in [1.165, 1.54) is 6.33 Å². The van der Waals surface area contributed by atoms with Gasteiger partial charge in [0.05, 0.1) is 12.6 Å². The van der Waals surface area contributed by atoms with Gasteiger partial charge in [0.25, 0.3) is 0 Å². The second-order valence-electron chi connectivity index (χ2n) is 4.97. The molecule has 0 saturated heterocycles. The van der Waals surface area contributed by atoms with Gasteiger partial charge in [-0.05, 0) is 37.0 Å². The molecule has 0 aliphatic rings. The van der Waals surface area contributed by atoms with E-state index in [2.05, 4.69) is 22.7 Å². The molecule has 1 heterocycles. The molecule has 0 aliphatic heterocycles. The molecule has 4 nitrogen and oxygen atoms in total. The van der Waals surface area contributed by atoms with Crippen LogP contribution in [0.15, 0.2) is 49.6 Å². The van der Waals surface area contributed by atoms with E-state index in [9.17, 15) is 5.26 Å². The van der Waals surface area contributed by atoms with E-state index in [1.54, 1.807) is 11.0 Å². The zero-order valence-electron chi connectivity index (χ0n) is 11.7. The van der Waals surface area contributed by atoms with Crippen LogP contribution in [0, 0.1) is 11.3 Å². The van der Waals surface area contributed by atoms with Gasteiger partial charge in [0.2, 0.25) is 0 Å². The Hall–Kier alpha value is -2.12. The van der Waals surface area contributed by atoms with Crippen molar-refractivity contribution in [2.24, 2.45) is 0 Å². The van der Waals surface area contributed by atoms with Gasteiger partial charge >= 0.3 is 0 Å². The molecular formula is C16H17ClN4. The number of benzene rings is 1. The topological polar surface area (TPSA) is 54.5 Å². The first-order valence-electron chi connectivity index (χ1n) is 6.81. The number of rotatable bonds is 7. The fourth-order valence-electron chi connectivity index (χ4n) is 2.38. The van der Waals surface area contributed by atoms with Crippen molar-refractivity contribution in [2.45, 2.75) is 31.2 Å². The lowest BCUT2D eigenvalue weighted by Crippen LogP contribution is -2.30. The summed E-state index contributed by atoms with van der Waals surface area (Å²) >= 11 is 5.95. The van der Waals surface area contributed by atoms with Crippen molar-refractivity contribution < 1.29 is 0 Å². The van der Waals surface area contributed by atoms with Gasteiger partial charge in [-0.25, -0.2) is 4.98 Å². The summed E-state index contributed by atoms with van der Waals surface area (Å²) in [6.07, 6.45) is 7.50. The molecule has 1 unspecified atom stereocenters. The number of hydrogen-bond donors (Lipinski definition) is 0. The number of hydrogen-bond acceptors (Lipinski definition) is 3. The maximum atomic E-state index is 9.83. The summed E-state index contributed by atoms with van der Waals surface area (Å²) in [5.74, 6) is 0. The minimum absolute atomic E-state index is 0.474. The maximum Gasteiger partial charge on any atom is 0.137 e. The number of halogens is 1. The summed E-state index contributed by atoms with van der Waals surface area (Å²) in [7, 11) is 0. The predicted octanol–water partition coefficient (Wildman–Crippen LogP) is 3.75. The van der Waals surface area contributed by atoms with E-state index in [0.717, 1.165) is 24.8 Å². The van der Waals surface area contributed by atoms with Crippen LogP contribution in [0.2, 0.25) is 5.02 Å². The summed E-state index contributed by atoms with van der Waals surface area (Å²) in [6, 6.07) is 9.94. The summed E-state index contributed by atoms with van der Waals surface area (Å²) in [5.41, 5.74) is 0.315. The van der Waals surface area contributed by atoms with Crippen LogP contribution in [0.3, 0.4) is 0 Å². The Bertz CT molecular complexity index is 613. The molecule has 0 aliphatic carbocycles. The summed E-state index contributed by atoms with van der Waals surface area (Å²) in [6.45, 7) is 4.21. The molecule has 0 N–H and O–H groups in total. The fourth-order valence-corrected chi connectivity index (χ4v) is 2.50. The molecule has 1 aromatic carbocycles. The van der Waals surface area contributed by atoms with Crippen LogP contribution in [0.25, 0.3) is 0 Å². The standard InChI is InChI=1S/C16H17ClN4/c1-2-3-4-9-16(10-18,11-21-13-19-12-20-21)14-5-7-15(17)8-6-14/h2,5-8,12-13H,1,3-4,9,11H2. The molecule has 0 amide bonds. The molecule has 0 radical (unpaired) electrons. The van der Waals surface area contributed by atoms with Crippen molar-refractivity contribution in [1.82, 2.24) is 14.8 Å². The van der Waals surface area contributed by atoms with Crippen molar-refractivity contribution in [2.75, 3.05) is 0 Å². The highest BCUT2D eigenvalue weighted by Crippen LogP contribution is 2.32. The van der Waals surface area contributed by atoms with Crippen LogP contribution in [0.4, 0.5) is 0 Å². The molecular weight excluding hydrogens is 284 g/mol. The number of unbranched alkanes of at least 4 members (excludes halogenated alkanes) is 1. The van der Waals surface area contributed by atoms with Gasteiger partial charge in [-0.1, -0.05) is 29.8 Å². The summed E-state index contributed by atoms with van der Waals surface area (Å²) in [4.78, 5) is 3.95. The Morgan fingerprint density at radius 1 is 1.38 bits per heavy atom. The Kier molecular flexibility index (Phi) is 5.13. The van der Waals surface area contributed by atoms with Crippen molar-refractivity contribution in [3.8, 4) is 6.07 Å². The molecule has 5 heteroatoms. The molecule has 21 heavy (non-hydrogen) atoms. The number of aromatic nitrogens is 3. The third kappa shape index (κ3) is 3.71. The smallest absolute Gasteiger partial charge is 0.137 e. The molecule has 0 saturated carbocycles. The fraction of sp³-hybridized carbons (Fsp3) is 0.312. The Labute approximate surface area is 129 Å². The Balaban J connectivity index is 2.33. The molecule has 0 bridgehead atoms. The molecule has 0 fully saturated rings. The monoisotopic (exact) mass is 300 g/mol. The van der Waals surface area contributed by atoms with Gasteiger partial charge in [-0.3, -0.25) is 4.68 Å². The van der Waals surface area contributed by atoms with Crippen LogP contribution >= 0.6 is 11.6 Å². The molecule has 108 valence electrons. The lowest BCUT2D eigenvalue weighted by atomic mass is 9.77. The molecule has 1 atom stereocenters. The van der Waals surface area contributed by atoms with Gasteiger partial charge in [0.1, 0.15) is 18.1 Å². The van der Waals surface area contributed by atoms with Crippen LogP contribution in [-0.2, 0) is 12.0 Å². The zero-order chi connectivity index (χ0) is 15.1. The van der Waals surface area contributed by atoms with Gasteiger partial charge in [0.15, 0.2) is 0 Å². The summed E-state index contributed by atoms with van der Waals surface area (Å²) < 4.78 is 1.70. The lowest BCUT2D eigenvalue weighted by molar-refractivity contribution is 0.393.